The molecule has 0 aromatic heterocycles. The molecular weight excluding hydrogens is 639 g/mol. The Kier molecular flexibility index (Phi) is 7.77. The summed E-state index contributed by atoms with van der Waals surface area (Å²) in [4.78, 5) is 5.47. The van der Waals surface area contributed by atoms with Crippen molar-refractivity contribution in [2.45, 2.75) is 12.3 Å². The standard InChI is InChI=1S/C52H37N/c1-4-15-36(16-5-1)47-33-43(32-42-21-10-11-24-44(42)47)41-23-14-22-40(31-41)35-27-29-39(30-28-35)50-45-25-12-13-26-46(45)52-51(50)48(37-17-6-2-7-18-37)34-49(53-52)38-19-8-3-9-20-38/h1-33,48,51H,34H2. The van der Waals surface area contributed by atoms with E-state index in [4.69, 9.17) is 4.99 Å². The highest BCUT2D eigenvalue weighted by Crippen LogP contribution is 2.47. The van der Waals surface area contributed by atoms with Gasteiger partial charge in [-0.05, 0) is 96.3 Å². The van der Waals surface area contributed by atoms with Crippen molar-refractivity contribution < 1.29 is 0 Å². The molecule has 8 aromatic carbocycles. The van der Waals surface area contributed by atoms with Gasteiger partial charge in [0.15, 0.2) is 0 Å². The largest absolute Gasteiger partial charge is 0.256 e. The van der Waals surface area contributed by atoms with Gasteiger partial charge in [0.25, 0.3) is 0 Å². The van der Waals surface area contributed by atoms with E-state index in [9.17, 15) is 0 Å². The van der Waals surface area contributed by atoms with Crippen LogP contribution in [-0.4, -0.2) is 5.71 Å². The number of nitrogens with zero attached hydrogens (tertiary/aromatic N) is 1. The predicted octanol–water partition coefficient (Wildman–Crippen LogP) is 11.5. The van der Waals surface area contributed by atoms with Crippen LogP contribution in [0.1, 0.15) is 29.0 Å². The maximum atomic E-state index is 5.47. The lowest BCUT2D eigenvalue weighted by Crippen LogP contribution is -2.25. The smallest absolute Gasteiger partial charge is 0.0567 e. The van der Waals surface area contributed by atoms with Crippen molar-refractivity contribution in [3.8, 4) is 33.4 Å². The molecule has 1 heteroatoms. The van der Waals surface area contributed by atoms with Crippen LogP contribution in [0.4, 0.5) is 0 Å². The van der Waals surface area contributed by atoms with Gasteiger partial charge in [0, 0.05) is 22.8 Å². The quantitative estimate of drug-likeness (QED) is 0.166. The third-order valence-electron chi connectivity index (χ3n) is 11.2. The van der Waals surface area contributed by atoms with Crippen LogP contribution in [0.2, 0.25) is 0 Å². The first-order chi connectivity index (χ1) is 26.3. The van der Waals surface area contributed by atoms with Gasteiger partial charge in [-0.15, -0.1) is 0 Å². The molecule has 2 unspecified atom stereocenters. The first-order valence-electron chi connectivity index (χ1n) is 18.6. The van der Waals surface area contributed by atoms with Crippen molar-refractivity contribution in [2.24, 2.45) is 10.9 Å². The first kappa shape index (κ1) is 31.2. The highest BCUT2D eigenvalue weighted by molar-refractivity contribution is 6.06. The van der Waals surface area contributed by atoms with E-state index in [2.05, 4.69) is 200 Å². The second-order valence-corrected chi connectivity index (χ2v) is 14.2. The molecule has 0 N–H and O–H groups in total. The van der Waals surface area contributed by atoms with Gasteiger partial charge < -0.3 is 0 Å². The first-order valence-corrected chi connectivity index (χ1v) is 18.6. The van der Waals surface area contributed by atoms with Crippen LogP contribution in [0.3, 0.4) is 0 Å². The fraction of sp³-hybridized carbons (Fsp3) is 0.0577. The molecule has 0 spiro atoms. The number of hydrogen-bond donors (Lipinski definition) is 0. The molecule has 1 aliphatic carbocycles. The monoisotopic (exact) mass is 675 g/mol. The second-order valence-electron chi connectivity index (χ2n) is 14.2. The SMILES string of the molecule is c1ccc(C2=NC3=c4ccccc4=C(c4ccc(-c5cccc(-c6cc(-c7ccccc7)c7ccccc7c6)c5)cc4)C3C(c3ccccc3)C2)cc1. The van der Waals surface area contributed by atoms with Crippen molar-refractivity contribution in [1.29, 1.82) is 0 Å². The molecule has 250 valence electrons. The van der Waals surface area contributed by atoms with E-state index in [-0.39, 0.29) is 11.8 Å². The molecule has 0 bridgehead atoms. The van der Waals surface area contributed by atoms with Crippen molar-refractivity contribution in [3.63, 3.8) is 0 Å². The molecule has 0 fully saturated rings. The van der Waals surface area contributed by atoms with Gasteiger partial charge in [0.1, 0.15) is 0 Å². The molecule has 8 aromatic rings. The van der Waals surface area contributed by atoms with Gasteiger partial charge in [0.05, 0.1) is 5.70 Å². The van der Waals surface area contributed by atoms with Crippen LogP contribution in [0.5, 0.6) is 0 Å². The van der Waals surface area contributed by atoms with E-state index >= 15 is 0 Å². The number of benzene rings is 8. The topological polar surface area (TPSA) is 12.4 Å². The summed E-state index contributed by atoms with van der Waals surface area (Å²) in [6.45, 7) is 0. The zero-order chi connectivity index (χ0) is 35.1. The molecule has 0 amide bonds. The maximum Gasteiger partial charge on any atom is 0.0567 e. The summed E-state index contributed by atoms with van der Waals surface area (Å²) in [6, 6.07) is 73.0. The lowest BCUT2D eigenvalue weighted by Gasteiger charge is -2.33. The molecule has 10 rings (SSSR count). The Morgan fingerprint density at radius 2 is 0.981 bits per heavy atom. The second kappa shape index (κ2) is 13.2. The Bertz CT molecular complexity index is 2780. The van der Waals surface area contributed by atoms with E-state index in [1.54, 1.807) is 0 Å². The Morgan fingerprint density at radius 3 is 1.74 bits per heavy atom. The minimum Gasteiger partial charge on any atom is -0.256 e. The van der Waals surface area contributed by atoms with E-state index < -0.39 is 0 Å². The van der Waals surface area contributed by atoms with E-state index in [1.807, 2.05) is 0 Å². The average molecular weight is 676 g/mol. The third-order valence-corrected chi connectivity index (χ3v) is 11.2. The normalized spacial score (nSPS) is 16.3. The van der Waals surface area contributed by atoms with Gasteiger partial charge in [-0.3, -0.25) is 4.99 Å². The van der Waals surface area contributed by atoms with Gasteiger partial charge in [-0.2, -0.15) is 0 Å². The Hall–Kier alpha value is -6.57. The van der Waals surface area contributed by atoms with Crippen LogP contribution >= 0.6 is 0 Å². The van der Waals surface area contributed by atoms with Crippen molar-refractivity contribution in [1.82, 2.24) is 0 Å². The van der Waals surface area contributed by atoms with Crippen molar-refractivity contribution >= 4 is 27.8 Å². The minimum atomic E-state index is 0.170. The zero-order valence-electron chi connectivity index (χ0n) is 29.4. The highest BCUT2D eigenvalue weighted by atomic mass is 14.8. The third kappa shape index (κ3) is 5.62. The summed E-state index contributed by atoms with van der Waals surface area (Å²) in [5, 5.41) is 5.07. The minimum absolute atomic E-state index is 0.170. The molecule has 1 heterocycles. The molecule has 2 atom stereocenters. The molecule has 53 heavy (non-hydrogen) atoms. The van der Waals surface area contributed by atoms with Gasteiger partial charge in [0.2, 0.25) is 0 Å². The number of fused-ring (bicyclic) bond motifs is 3. The summed E-state index contributed by atoms with van der Waals surface area (Å²) in [5.74, 6) is 0.448. The molecule has 0 saturated carbocycles. The van der Waals surface area contributed by atoms with Crippen LogP contribution in [0.15, 0.2) is 205 Å². The van der Waals surface area contributed by atoms with Crippen LogP contribution in [0, 0.1) is 5.92 Å². The van der Waals surface area contributed by atoms with Gasteiger partial charge in [-0.25, -0.2) is 0 Å². The fourth-order valence-electron chi connectivity index (χ4n) is 8.66. The van der Waals surface area contributed by atoms with E-state index in [1.165, 1.54) is 88.3 Å². The highest BCUT2D eigenvalue weighted by Gasteiger charge is 2.38. The van der Waals surface area contributed by atoms with E-state index in [0.29, 0.717) is 0 Å². The number of hydrogen-bond acceptors (Lipinski definition) is 1. The van der Waals surface area contributed by atoms with Crippen molar-refractivity contribution in [2.75, 3.05) is 0 Å². The Labute approximate surface area is 310 Å². The zero-order valence-corrected chi connectivity index (χ0v) is 29.4. The van der Waals surface area contributed by atoms with E-state index in [0.717, 1.165) is 6.42 Å². The lowest BCUT2D eigenvalue weighted by molar-refractivity contribution is 0.622. The van der Waals surface area contributed by atoms with Crippen molar-refractivity contribution in [3.05, 3.63) is 227 Å². The number of rotatable bonds is 6. The molecule has 1 aliphatic heterocycles. The summed E-state index contributed by atoms with van der Waals surface area (Å²) in [5.41, 5.74) is 14.9. The summed E-state index contributed by atoms with van der Waals surface area (Å²) < 4.78 is 0. The summed E-state index contributed by atoms with van der Waals surface area (Å²) >= 11 is 0. The van der Waals surface area contributed by atoms with Gasteiger partial charge in [-0.1, -0.05) is 182 Å². The number of aliphatic imine (C=N–C) groups is 1. The van der Waals surface area contributed by atoms with Gasteiger partial charge >= 0.3 is 0 Å². The summed E-state index contributed by atoms with van der Waals surface area (Å²) in [6.07, 6.45) is 0.894. The molecule has 2 aliphatic rings. The summed E-state index contributed by atoms with van der Waals surface area (Å²) in [7, 11) is 0. The van der Waals surface area contributed by atoms with Crippen LogP contribution < -0.4 is 10.4 Å². The fourth-order valence-corrected chi connectivity index (χ4v) is 8.66. The maximum absolute atomic E-state index is 5.47. The predicted molar refractivity (Wildman–Crippen MR) is 222 cm³/mol. The Morgan fingerprint density at radius 1 is 0.396 bits per heavy atom. The molecule has 1 nitrogen and oxygen atoms in total. The molecule has 0 saturated heterocycles. The van der Waals surface area contributed by atoms with Crippen LogP contribution in [0.25, 0.3) is 55.4 Å². The molecule has 0 radical (unpaired) electrons. The lowest BCUT2D eigenvalue weighted by atomic mass is 9.73. The Balaban J connectivity index is 1.05. The molecular formula is C52H37N. The average Bonchev–Trinajstić information content (AvgIpc) is 3.58. The van der Waals surface area contributed by atoms with Crippen LogP contribution in [-0.2, 0) is 0 Å².